The zero-order chi connectivity index (χ0) is 17.1. The van der Waals surface area contributed by atoms with Gasteiger partial charge >= 0.3 is 5.97 Å². The Labute approximate surface area is 141 Å². The Balaban J connectivity index is 2.05. The second kappa shape index (κ2) is 6.95. The molecule has 3 rings (SSSR count). The van der Waals surface area contributed by atoms with Gasteiger partial charge in [-0.2, -0.15) is 0 Å². The van der Waals surface area contributed by atoms with Crippen LogP contribution in [0.2, 0.25) is 0 Å². The highest BCUT2D eigenvalue weighted by molar-refractivity contribution is 5.97. The normalized spacial score (nSPS) is 13.4. The van der Waals surface area contributed by atoms with E-state index in [4.69, 9.17) is 14.2 Å². The minimum Gasteiger partial charge on any atom is -0.497 e. The number of esters is 1. The standard InChI is InChI=1S/C18H22N2O4/c1-4-23-16(21)6-5-12-9-13(22-3)10-14-17(12)19-11-15-18(14)20(2)7-8-24-15/h9-11H,4-8H2,1-3H3. The van der Waals surface area contributed by atoms with Gasteiger partial charge < -0.3 is 19.1 Å². The highest BCUT2D eigenvalue weighted by Gasteiger charge is 2.21. The summed E-state index contributed by atoms with van der Waals surface area (Å²) < 4.78 is 16.2. The van der Waals surface area contributed by atoms with E-state index in [0.717, 1.165) is 40.2 Å². The lowest BCUT2D eigenvalue weighted by Gasteiger charge is -2.29. The summed E-state index contributed by atoms with van der Waals surface area (Å²) in [6.45, 7) is 3.67. The number of rotatable bonds is 5. The number of likely N-dealkylation sites (N-methyl/N-ethyl adjacent to an activating group) is 1. The fraction of sp³-hybridized carbons (Fsp3) is 0.444. The SMILES string of the molecule is CCOC(=O)CCc1cc(OC)cc2c3c(cnc12)OCCN3C. The molecular weight excluding hydrogens is 308 g/mol. The van der Waals surface area contributed by atoms with Crippen LogP contribution in [0.15, 0.2) is 18.3 Å². The number of benzene rings is 1. The van der Waals surface area contributed by atoms with E-state index >= 15 is 0 Å². The summed E-state index contributed by atoms with van der Waals surface area (Å²) in [6.07, 6.45) is 2.64. The van der Waals surface area contributed by atoms with Gasteiger partial charge in [0.05, 0.1) is 37.7 Å². The summed E-state index contributed by atoms with van der Waals surface area (Å²) in [7, 11) is 3.68. The van der Waals surface area contributed by atoms with Crippen molar-refractivity contribution in [3.8, 4) is 11.5 Å². The van der Waals surface area contributed by atoms with Crippen molar-refractivity contribution in [2.45, 2.75) is 19.8 Å². The molecule has 128 valence electrons. The highest BCUT2D eigenvalue weighted by atomic mass is 16.5. The number of anilines is 1. The van der Waals surface area contributed by atoms with Gasteiger partial charge in [-0.1, -0.05) is 0 Å². The summed E-state index contributed by atoms with van der Waals surface area (Å²) >= 11 is 0. The van der Waals surface area contributed by atoms with E-state index in [0.29, 0.717) is 26.1 Å². The summed E-state index contributed by atoms with van der Waals surface area (Å²) in [5, 5.41) is 0.980. The van der Waals surface area contributed by atoms with Crippen LogP contribution < -0.4 is 14.4 Å². The smallest absolute Gasteiger partial charge is 0.306 e. The predicted octanol–water partition coefficient (Wildman–Crippen LogP) is 2.57. The van der Waals surface area contributed by atoms with Crippen molar-refractivity contribution in [1.82, 2.24) is 4.98 Å². The molecule has 2 heterocycles. The molecule has 0 spiro atoms. The van der Waals surface area contributed by atoms with Gasteiger partial charge in [-0.25, -0.2) is 0 Å². The highest BCUT2D eigenvalue weighted by Crippen LogP contribution is 2.39. The van der Waals surface area contributed by atoms with Crippen LogP contribution in [0.25, 0.3) is 10.9 Å². The first-order valence-electron chi connectivity index (χ1n) is 8.13. The second-order valence-corrected chi connectivity index (χ2v) is 5.73. The van der Waals surface area contributed by atoms with Crippen LogP contribution >= 0.6 is 0 Å². The number of hydrogen-bond acceptors (Lipinski definition) is 6. The summed E-state index contributed by atoms with van der Waals surface area (Å²) in [4.78, 5) is 18.4. The molecule has 6 nitrogen and oxygen atoms in total. The zero-order valence-corrected chi connectivity index (χ0v) is 14.3. The molecule has 24 heavy (non-hydrogen) atoms. The first-order valence-corrected chi connectivity index (χ1v) is 8.13. The number of nitrogens with zero attached hydrogens (tertiary/aromatic N) is 2. The Kier molecular flexibility index (Phi) is 4.74. The van der Waals surface area contributed by atoms with E-state index < -0.39 is 0 Å². The average Bonchev–Trinajstić information content (AvgIpc) is 2.59. The first-order chi connectivity index (χ1) is 11.6. The van der Waals surface area contributed by atoms with Gasteiger partial charge in [0.1, 0.15) is 12.4 Å². The molecule has 0 saturated heterocycles. The molecule has 1 aliphatic heterocycles. The average molecular weight is 330 g/mol. The third-order valence-corrected chi connectivity index (χ3v) is 4.17. The minimum absolute atomic E-state index is 0.202. The number of fused-ring (bicyclic) bond motifs is 3. The van der Waals surface area contributed by atoms with E-state index in [2.05, 4.69) is 9.88 Å². The van der Waals surface area contributed by atoms with Gasteiger partial charge in [-0.3, -0.25) is 9.78 Å². The lowest BCUT2D eigenvalue weighted by molar-refractivity contribution is -0.143. The molecule has 6 heteroatoms. The molecule has 0 saturated carbocycles. The van der Waals surface area contributed by atoms with Crippen LogP contribution in [0.4, 0.5) is 5.69 Å². The van der Waals surface area contributed by atoms with Gasteiger partial charge in [-0.15, -0.1) is 0 Å². The van der Waals surface area contributed by atoms with Gasteiger partial charge in [0.15, 0.2) is 5.75 Å². The molecule has 0 amide bonds. The van der Waals surface area contributed by atoms with Crippen LogP contribution in [0.5, 0.6) is 11.5 Å². The number of pyridine rings is 1. The number of ether oxygens (including phenoxy) is 3. The maximum Gasteiger partial charge on any atom is 0.306 e. The van der Waals surface area contributed by atoms with Gasteiger partial charge in [0.2, 0.25) is 0 Å². The largest absolute Gasteiger partial charge is 0.497 e. The number of hydrogen-bond donors (Lipinski definition) is 0. The molecule has 0 bridgehead atoms. The topological polar surface area (TPSA) is 60.9 Å². The van der Waals surface area contributed by atoms with Crippen molar-refractivity contribution in [2.75, 3.05) is 38.8 Å². The van der Waals surface area contributed by atoms with E-state index in [-0.39, 0.29) is 5.97 Å². The van der Waals surface area contributed by atoms with Crippen molar-refractivity contribution >= 4 is 22.6 Å². The van der Waals surface area contributed by atoms with Gasteiger partial charge in [0, 0.05) is 18.9 Å². The predicted molar refractivity (Wildman–Crippen MR) is 92.0 cm³/mol. The number of carbonyl (C=O) groups is 1. The maximum atomic E-state index is 11.7. The Morgan fingerprint density at radius 2 is 2.25 bits per heavy atom. The van der Waals surface area contributed by atoms with Crippen molar-refractivity contribution in [1.29, 1.82) is 0 Å². The molecule has 0 aliphatic carbocycles. The van der Waals surface area contributed by atoms with Crippen molar-refractivity contribution in [3.63, 3.8) is 0 Å². The summed E-state index contributed by atoms with van der Waals surface area (Å²) in [5.41, 5.74) is 2.86. The summed E-state index contributed by atoms with van der Waals surface area (Å²) in [6, 6.07) is 3.91. The first kappa shape index (κ1) is 16.4. The molecular formula is C18H22N2O4. The molecule has 0 fully saturated rings. The van der Waals surface area contributed by atoms with E-state index in [1.54, 1.807) is 13.3 Å². The Morgan fingerprint density at radius 3 is 3.00 bits per heavy atom. The van der Waals surface area contributed by atoms with Crippen molar-refractivity contribution in [3.05, 3.63) is 23.9 Å². The third-order valence-electron chi connectivity index (χ3n) is 4.17. The van der Waals surface area contributed by atoms with Crippen molar-refractivity contribution < 1.29 is 19.0 Å². The lowest BCUT2D eigenvalue weighted by Crippen LogP contribution is -2.29. The molecule has 1 aliphatic rings. The van der Waals surface area contributed by atoms with Crippen LogP contribution in [-0.2, 0) is 16.0 Å². The van der Waals surface area contributed by atoms with Crippen LogP contribution in [0.1, 0.15) is 18.9 Å². The Hall–Kier alpha value is -2.50. The van der Waals surface area contributed by atoms with Gasteiger partial charge in [0.25, 0.3) is 0 Å². The number of aromatic nitrogens is 1. The fourth-order valence-corrected chi connectivity index (χ4v) is 3.00. The lowest BCUT2D eigenvalue weighted by atomic mass is 10.0. The molecule has 0 unspecified atom stereocenters. The Bertz CT molecular complexity index is 760. The van der Waals surface area contributed by atoms with E-state index in [1.807, 2.05) is 26.1 Å². The fourth-order valence-electron chi connectivity index (χ4n) is 3.00. The molecule has 1 aromatic carbocycles. The van der Waals surface area contributed by atoms with Crippen LogP contribution in [-0.4, -0.2) is 44.9 Å². The monoisotopic (exact) mass is 330 g/mol. The number of aryl methyl sites for hydroxylation is 1. The molecule has 0 atom stereocenters. The summed E-state index contributed by atoms with van der Waals surface area (Å²) in [5.74, 6) is 1.32. The van der Waals surface area contributed by atoms with E-state index in [9.17, 15) is 4.79 Å². The zero-order valence-electron chi connectivity index (χ0n) is 14.3. The third kappa shape index (κ3) is 3.09. The second-order valence-electron chi connectivity index (χ2n) is 5.73. The maximum absolute atomic E-state index is 11.7. The van der Waals surface area contributed by atoms with Crippen molar-refractivity contribution in [2.24, 2.45) is 0 Å². The van der Waals surface area contributed by atoms with Crippen LogP contribution in [0, 0.1) is 0 Å². The molecule has 0 radical (unpaired) electrons. The quantitative estimate of drug-likeness (QED) is 0.785. The number of carbonyl (C=O) groups excluding carboxylic acids is 1. The Morgan fingerprint density at radius 1 is 1.42 bits per heavy atom. The van der Waals surface area contributed by atoms with Crippen LogP contribution in [0.3, 0.4) is 0 Å². The molecule has 2 aromatic rings. The number of methoxy groups -OCH3 is 1. The molecule has 0 N–H and O–H groups in total. The minimum atomic E-state index is -0.202. The molecule has 1 aromatic heterocycles. The van der Waals surface area contributed by atoms with E-state index in [1.165, 1.54) is 0 Å². The van der Waals surface area contributed by atoms with Gasteiger partial charge in [-0.05, 0) is 31.0 Å².